The van der Waals surface area contributed by atoms with Gasteiger partial charge in [-0.25, -0.2) is 0 Å². The summed E-state index contributed by atoms with van der Waals surface area (Å²) in [5.41, 5.74) is 0. The lowest BCUT2D eigenvalue weighted by atomic mass is 10.0. The van der Waals surface area contributed by atoms with E-state index in [0.717, 1.165) is 0 Å². The van der Waals surface area contributed by atoms with E-state index in [4.69, 9.17) is 0 Å². The molecule has 0 N–H and O–H groups in total. The molecule has 1 unspecified atom stereocenters. The highest BCUT2D eigenvalue weighted by Gasteiger charge is 2.24. The lowest BCUT2D eigenvalue weighted by Gasteiger charge is -2.33. The van der Waals surface area contributed by atoms with E-state index >= 15 is 0 Å². The monoisotopic (exact) mass is 462 g/mol. The van der Waals surface area contributed by atoms with Crippen LogP contribution in [0.2, 0.25) is 0 Å². The summed E-state index contributed by atoms with van der Waals surface area (Å²) >= 11 is 0. The van der Waals surface area contributed by atoms with Crippen molar-refractivity contribution in [2.75, 3.05) is 13.1 Å². The van der Waals surface area contributed by atoms with Crippen LogP contribution in [0.4, 0.5) is 0 Å². The van der Waals surface area contributed by atoms with Gasteiger partial charge in [-0.1, -0.05) is 143 Å². The molecule has 33 heavy (non-hydrogen) atoms. The highest BCUT2D eigenvalue weighted by molar-refractivity contribution is 4.96. The van der Waals surface area contributed by atoms with Gasteiger partial charge in [-0.2, -0.15) is 0 Å². The SMILES string of the molecule is CCCCCCCCCCCCCCN1C=CN(CCCCC)C1CCCCCCCCC. The Morgan fingerprint density at radius 2 is 0.697 bits per heavy atom. The minimum Gasteiger partial charge on any atom is -0.356 e. The van der Waals surface area contributed by atoms with Crippen LogP contribution in [-0.4, -0.2) is 29.1 Å². The van der Waals surface area contributed by atoms with Crippen molar-refractivity contribution in [2.24, 2.45) is 0 Å². The Kier molecular flexibility index (Phi) is 21.3. The molecule has 1 rings (SSSR count). The van der Waals surface area contributed by atoms with Gasteiger partial charge in [0, 0.05) is 25.5 Å². The first-order valence-electron chi connectivity index (χ1n) is 15.5. The molecule has 0 aromatic rings. The standard InChI is InChI=1S/C31H62N2/c1-4-7-10-12-14-15-16-17-18-20-22-25-28-33-30-29-32(27-24-9-6-3)31(33)26-23-21-19-13-11-8-5-2/h29-31H,4-28H2,1-3H3. The van der Waals surface area contributed by atoms with Crippen molar-refractivity contribution in [3.05, 3.63) is 12.4 Å². The fourth-order valence-corrected chi connectivity index (χ4v) is 5.30. The third kappa shape index (κ3) is 16.6. The second-order valence-corrected chi connectivity index (χ2v) is 10.8. The van der Waals surface area contributed by atoms with Crippen LogP contribution in [0.1, 0.15) is 168 Å². The molecular weight excluding hydrogens is 400 g/mol. The Morgan fingerprint density at radius 3 is 1.12 bits per heavy atom. The molecule has 1 atom stereocenters. The third-order valence-corrected chi connectivity index (χ3v) is 7.57. The van der Waals surface area contributed by atoms with Crippen LogP contribution in [0.25, 0.3) is 0 Å². The molecule has 0 radical (unpaired) electrons. The lowest BCUT2D eigenvalue weighted by molar-refractivity contribution is 0.135. The maximum Gasteiger partial charge on any atom is 0.101 e. The van der Waals surface area contributed by atoms with Gasteiger partial charge in [0.25, 0.3) is 0 Å². The maximum atomic E-state index is 2.68. The zero-order valence-corrected chi connectivity index (χ0v) is 23.3. The second kappa shape index (κ2) is 23.1. The number of hydrogen-bond acceptors (Lipinski definition) is 2. The van der Waals surface area contributed by atoms with Crippen molar-refractivity contribution in [1.82, 2.24) is 9.80 Å². The summed E-state index contributed by atoms with van der Waals surface area (Å²) in [6.45, 7) is 9.45. The normalized spacial score (nSPS) is 15.8. The topological polar surface area (TPSA) is 6.48 Å². The van der Waals surface area contributed by atoms with Crippen molar-refractivity contribution in [2.45, 2.75) is 175 Å². The molecule has 0 saturated heterocycles. The van der Waals surface area contributed by atoms with E-state index in [2.05, 4.69) is 43.0 Å². The molecule has 1 aliphatic heterocycles. The summed E-state index contributed by atoms with van der Waals surface area (Å²) < 4.78 is 0. The summed E-state index contributed by atoms with van der Waals surface area (Å²) in [5.74, 6) is 0. The smallest absolute Gasteiger partial charge is 0.101 e. The van der Waals surface area contributed by atoms with Gasteiger partial charge in [-0.3, -0.25) is 0 Å². The predicted molar refractivity (Wildman–Crippen MR) is 150 cm³/mol. The Labute approximate surface area is 210 Å². The molecule has 0 saturated carbocycles. The Hall–Kier alpha value is -0.660. The highest BCUT2D eigenvalue weighted by Crippen LogP contribution is 2.23. The molecule has 0 amide bonds. The van der Waals surface area contributed by atoms with Crippen molar-refractivity contribution in [1.29, 1.82) is 0 Å². The minimum atomic E-state index is 0.644. The van der Waals surface area contributed by atoms with Gasteiger partial charge < -0.3 is 9.80 Å². The molecule has 2 heteroatoms. The molecule has 0 bridgehead atoms. The summed E-state index contributed by atoms with van der Waals surface area (Å²) in [5, 5.41) is 0. The fourth-order valence-electron chi connectivity index (χ4n) is 5.30. The van der Waals surface area contributed by atoms with Gasteiger partial charge in [0.1, 0.15) is 6.17 Å². The molecule has 0 fully saturated rings. The number of hydrogen-bond donors (Lipinski definition) is 0. The van der Waals surface area contributed by atoms with E-state index < -0.39 is 0 Å². The Bertz CT molecular complexity index is 419. The van der Waals surface area contributed by atoms with Crippen LogP contribution in [-0.2, 0) is 0 Å². The predicted octanol–water partition coefficient (Wildman–Crippen LogP) is 10.4. The third-order valence-electron chi connectivity index (χ3n) is 7.57. The van der Waals surface area contributed by atoms with Crippen molar-refractivity contribution in [3.8, 4) is 0 Å². The van der Waals surface area contributed by atoms with Gasteiger partial charge in [-0.05, 0) is 25.7 Å². The van der Waals surface area contributed by atoms with Crippen LogP contribution in [0.5, 0.6) is 0 Å². The second-order valence-electron chi connectivity index (χ2n) is 10.8. The summed E-state index contributed by atoms with van der Waals surface area (Å²) in [6.07, 6.45) is 38.0. The highest BCUT2D eigenvalue weighted by atomic mass is 15.4. The summed E-state index contributed by atoms with van der Waals surface area (Å²) in [6, 6.07) is 0. The number of unbranched alkanes of at least 4 members (excludes halogenated alkanes) is 19. The van der Waals surface area contributed by atoms with E-state index in [1.807, 2.05) is 0 Å². The van der Waals surface area contributed by atoms with Gasteiger partial charge in [0.05, 0.1) is 0 Å². The van der Waals surface area contributed by atoms with Crippen LogP contribution < -0.4 is 0 Å². The van der Waals surface area contributed by atoms with Gasteiger partial charge in [0.15, 0.2) is 0 Å². The lowest BCUT2D eigenvalue weighted by Crippen LogP contribution is -2.39. The number of nitrogens with zero attached hydrogens (tertiary/aromatic N) is 2. The molecule has 1 aliphatic rings. The first-order chi connectivity index (χ1) is 16.3. The quantitative estimate of drug-likeness (QED) is 0.124. The average molecular weight is 463 g/mol. The van der Waals surface area contributed by atoms with Crippen LogP contribution >= 0.6 is 0 Å². The van der Waals surface area contributed by atoms with E-state index in [-0.39, 0.29) is 0 Å². The van der Waals surface area contributed by atoms with E-state index in [1.54, 1.807) is 0 Å². The molecule has 1 heterocycles. The first-order valence-corrected chi connectivity index (χ1v) is 15.5. The Morgan fingerprint density at radius 1 is 0.394 bits per heavy atom. The van der Waals surface area contributed by atoms with Crippen molar-refractivity contribution >= 4 is 0 Å². The first kappa shape index (κ1) is 30.4. The van der Waals surface area contributed by atoms with Crippen molar-refractivity contribution < 1.29 is 0 Å². The van der Waals surface area contributed by atoms with Gasteiger partial charge in [0.2, 0.25) is 0 Å². The molecular formula is C31H62N2. The largest absolute Gasteiger partial charge is 0.356 e. The molecule has 0 aromatic heterocycles. The zero-order valence-electron chi connectivity index (χ0n) is 23.3. The molecule has 0 spiro atoms. The summed E-state index contributed by atoms with van der Waals surface area (Å²) in [4.78, 5) is 5.34. The Balaban J connectivity index is 2.15. The average Bonchev–Trinajstić information content (AvgIpc) is 3.20. The van der Waals surface area contributed by atoms with Crippen LogP contribution in [0, 0.1) is 0 Å². The van der Waals surface area contributed by atoms with Gasteiger partial charge in [-0.15, -0.1) is 0 Å². The van der Waals surface area contributed by atoms with Crippen molar-refractivity contribution in [3.63, 3.8) is 0 Å². The van der Waals surface area contributed by atoms with Crippen LogP contribution in [0.15, 0.2) is 12.4 Å². The van der Waals surface area contributed by atoms with Crippen LogP contribution in [0.3, 0.4) is 0 Å². The molecule has 0 aliphatic carbocycles. The van der Waals surface area contributed by atoms with Gasteiger partial charge >= 0.3 is 0 Å². The zero-order chi connectivity index (χ0) is 23.8. The number of rotatable bonds is 25. The molecule has 196 valence electrons. The van der Waals surface area contributed by atoms with E-state index in [0.29, 0.717) is 6.17 Å². The van der Waals surface area contributed by atoms with E-state index in [1.165, 1.54) is 161 Å². The fraction of sp³-hybridized carbons (Fsp3) is 0.935. The molecule has 0 aromatic carbocycles. The maximum absolute atomic E-state index is 2.68. The molecule has 2 nitrogen and oxygen atoms in total. The summed E-state index contributed by atoms with van der Waals surface area (Å²) in [7, 11) is 0. The van der Waals surface area contributed by atoms with E-state index in [9.17, 15) is 0 Å². The minimum absolute atomic E-state index is 0.644.